The Morgan fingerprint density at radius 1 is 1.41 bits per heavy atom. The van der Waals surface area contributed by atoms with Gasteiger partial charge in [-0.25, -0.2) is 8.78 Å². The maximum Gasteiger partial charge on any atom is 0.325 e. The number of hydrogen-bond donors (Lipinski definition) is 1. The molecular weight excluding hydrogens is 228 g/mol. The van der Waals surface area contributed by atoms with Gasteiger partial charge in [-0.05, 0) is 19.9 Å². The highest BCUT2D eigenvalue weighted by Gasteiger charge is 2.28. The summed E-state index contributed by atoms with van der Waals surface area (Å²) < 4.78 is 30.8. The van der Waals surface area contributed by atoms with Gasteiger partial charge in [0.15, 0.2) is 11.6 Å². The van der Waals surface area contributed by atoms with Crippen LogP contribution in [0.15, 0.2) is 18.2 Å². The molecule has 0 amide bonds. The van der Waals surface area contributed by atoms with Crippen molar-refractivity contribution in [2.75, 3.05) is 7.11 Å². The van der Waals surface area contributed by atoms with Gasteiger partial charge in [-0.2, -0.15) is 0 Å². The minimum Gasteiger partial charge on any atom is -0.468 e. The largest absolute Gasteiger partial charge is 0.468 e. The number of nitrogens with one attached hydrogen (secondary N) is 1. The normalized spacial score (nSPS) is 11.4. The van der Waals surface area contributed by atoms with E-state index in [0.29, 0.717) is 0 Å². The lowest BCUT2D eigenvalue weighted by Gasteiger charge is -2.23. The monoisotopic (exact) mass is 243 g/mol. The Bertz CT molecular complexity index is 419. The van der Waals surface area contributed by atoms with E-state index < -0.39 is 23.1 Å². The van der Waals surface area contributed by atoms with Crippen LogP contribution in [-0.2, 0) is 16.1 Å². The van der Waals surface area contributed by atoms with Gasteiger partial charge in [0.1, 0.15) is 5.54 Å². The Kier molecular flexibility index (Phi) is 4.17. The van der Waals surface area contributed by atoms with E-state index in [1.807, 2.05) is 0 Å². The summed E-state index contributed by atoms with van der Waals surface area (Å²) >= 11 is 0. The van der Waals surface area contributed by atoms with Crippen molar-refractivity contribution in [1.29, 1.82) is 0 Å². The van der Waals surface area contributed by atoms with Crippen LogP contribution in [0.1, 0.15) is 19.4 Å². The van der Waals surface area contributed by atoms with Gasteiger partial charge in [0.05, 0.1) is 7.11 Å². The quantitative estimate of drug-likeness (QED) is 0.822. The SMILES string of the molecule is COC(=O)C(C)(C)NCc1cccc(F)c1F. The first-order valence-electron chi connectivity index (χ1n) is 5.15. The topological polar surface area (TPSA) is 38.3 Å². The van der Waals surface area contributed by atoms with Crippen molar-refractivity contribution in [3.63, 3.8) is 0 Å². The Morgan fingerprint density at radius 2 is 2.06 bits per heavy atom. The van der Waals surface area contributed by atoms with Gasteiger partial charge in [0.2, 0.25) is 0 Å². The van der Waals surface area contributed by atoms with Crippen molar-refractivity contribution in [3.05, 3.63) is 35.4 Å². The standard InChI is InChI=1S/C12H15F2NO2/c1-12(2,11(16)17-3)15-7-8-5-4-6-9(13)10(8)14/h4-6,15H,7H2,1-3H3. The molecule has 0 aliphatic rings. The highest BCUT2D eigenvalue weighted by atomic mass is 19.2. The second-order valence-electron chi connectivity index (χ2n) is 4.18. The van der Waals surface area contributed by atoms with E-state index in [1.165, 1.54) is 19.2 Å². The Labute approximate surface area is 98.8 Å². The molecule has 0 saturated carbocycles. The molecule has 0 aromatic heterocycles. The number of esters is 1. The fourth-order valence-corrected chi connectivity index (χ4v) is 1.33. The van der Waals surface area contributed by atoms with Crippen molar-refractivity contribution >= 4 is 5.97 Å². The van der Waals surface area contributed by atoms with Crippen molar-refractivity contribution in [2.24, 2.45) is 0 Å². The maximum absolute atomic E-state index is 13.3. The van der Waals surface area contributed by atoms with E-state index >= 15 is 0 Å². The highest BCUT2D eigenvalue weighted by molar-refractivity contribution is 5.79. The van der Waals surface area contributed by atoms with Crippen molar-refractivity contribution in [2.45, 2.75) is 25.9 Å². The highest BCUT2D eigenvalue weighted by Crippen LogP contribution is 2.13. The van der Waals surface area contributed by atoms with E-state index in [2.05, 4.69) is 10.1 Å². The van der Waals surface area contributed by atoms with Crippen molar-refractivity contribution < 1.29 is 18.3 Å². The first-order chi connectivity index (χ1) is 7.88. The predicted octanol–water partition coefficient (Wildman–Crippen LogP) is 2.01. The van der Waals surface area contributed by atoms with E-state index in [1.54, 1.807) is 13.8 Å². The molecule has 1 aromatic rings. The lowest BCUT2D eigenvalue weighted by molar-refractivity contribution is -0.147. The average molecular weight is 243 g/mol. The summed E-state index contributed by atoms with van der Waals surface area (Å²) in [6.07, 6.45) is 0. The molecule has 3 nitrogen and oxygen atoms in total. The maximum atomic E-state index is 13.3. The van der Waals surface area contributed by atoms with Crippen LogP contribution in [-0.4, -0.2) is 18.6 Å². The molecule has 0 aliphatic carbocycles. The molecule has 94 valence electrons. The minimum absolute atomic E-state index is 0.0473. The molecule has 17 heavy (non-hydrogen) atoms. The molecular formula is C12H15F2NO2. The Balaban J connectivity index is 2.74. The van der Waals surface area contributed by atoms with Gasteiger partial charge in [-0.3, -0.25) is 10.1 Å². The Morgan fingerprint density at radius 3 is 2.65 bits per heavy atom. The molecule has 1 aromatic carbocycles. The number of halogens is 2. The molecule has 0 saturated heterocycles. The van der Waals surface area contributed by atoms with Gasteiger partial charge in [-0.15, -0.1) is 0 Å². The summed E-state index contributed by atoms with van der Waals surface area (Å²) in [4.78, 5) is 11.4. The number of hydrogen-bond acceptors (Lipinski definition) is 3. The van der Waals surface area contributed by atoms with E-state index in [4.69, 9.17) is 0 Å². The summed E-state index contributed by atoms with van der Waals surface area (Å²) in [6, 6.07) is 3.92. The van der Waals surface area contributed by atoms with E-state index in [9.17, 15) is 13.6 Å². The van der Waals surface area contributed by atoms with Crippen LogP contribution in [0.5, 0.6) is 0 Å². The molecule has 0 bridgehead atoms. The average Bonchev–Trinajstić information content (AvgIpc) is 2.30. The summed E-state index contributed by atoms with van der Waals surface area (Å²) in [5.74, 6) is -2.27. The fraction of sp³-hybridized carbons (Fsp3) is 0.417. The first kappa shape index (κ1) is 13.6. The van der Waals surface area contributed by atoms with Gasteiger partial charge in [0.25, 0.3) is 0 Å². The number of rotatable bonds is 4. The molecule has 1 N–H and O–H groups in total. The van der Waals surface area contributed by atoms with Crippen LogP contribution in [0.3, 0.4) is 0 Å². The second kappa shape index (κ2) is 5.23. The lowest BCUT2D eigenvalue weighted by atomic mass is 10.1. The zero-order valence-corrected chi connectivity index (χ0v) is 10.0. The number of carbonyl (C=O) groups excluding carboxylic acids is 1. The zero-order chi connectivity index (χ0) is 13.1. The number of ether oxygens (including phenoxy) is 1. The van der Waals surface area contributed by atoms with Crippen molar-refractivity contribution in [3.8, 4) is 0 Å². The molecule has 0 atom stereocenters. The number of carbonyl (C=O) groups is 1. The van der Waals surface area contributed by atoms with Gasteiger partial charge < -0.3 is 4.74 Å². The molecule has 0 unspecified atom stereocenters. The molecule has 5 heteroatoms. The van der Waals surface area contributed by atoms with Crippen LogP contribution >= 0.6 is 0 Å². The third-order valence-corrected chi connectivity index (χ3v) is 2.45. The second-order valence-corrected chi connectivity index (χ2v) is 4.18. The molecule has 1 rings (SSSR count). The van der Waals surface area contributed by atoms with Gasteiger partial charge >= 0.3 is 5.97 Å². The van der Waals surface area contributed by atoms with Gasteiger partial charge in [-0.1, -0.05) is 12.1 Å². The van der Waals surface area contributed by atoms with Crippen LogP contribution in [0.4, 0.5) is 8.78 Å². The van der Waals surface area contributed by atoms with Crippen LogP contribution in [0.2, 0.25) is 0 Å². The summed E-state index contributed by atoms with van der Waals surface area (Å²) in [5.41, 5.74) is -0.782. The summed E-state index contributed by atoms with van der Waals surface area (Å²) in [7, 11) is 1.27. The van der Waals surface area contributed by atoms with Crippen molar-refractivity contribution in [1.82, 2.24) is 5.32 Å². The zero-order valence-electron chi connectivity index (χ0n) is 10.0. The van der Waals surface area contributed by atoms with Crippen LogP contribution < -0.4 is 5.32 Å². The molecule has 0 radical (unpaired) electrons. The molecule has 0 aliphatic heterocycles. The summed E-state index contributed by atoms with van der Waals surface area (Å²) in [6.45, 7) is 3.26. The van der Waals surface area contributed by atoms with Gasteiger partial charge in [0, 0.05) is 12.1 Å². The number of benzene rings is 1. The smallest absolute Gasteiger partial charge is 0.325 e. The molecule has 0 spiro atoms. The first-order valence-corrected chi connectivity index (χ1v) is 5.15. The number of methoxy groups -OCH3 is 1. The van der Waals surface area contributed by atoms with E-state index in [0.717, 1.165) is 6.07 Å². The fourth-order valence-electron chi connectivity index (χ4n) is 1.33. The Hall–Kier alpha value is -1.49. The third-order valence-electron chi connectivity index (χ3n) is 2.45. The minimum atomic E-state index is -0.951. The third kappa shape index (κ3) is 3.23. The van der Waals surface area contributed by atoms with E-state index in [-0.39, 0.29) is 12.1 Å². The molecule has 0 heterocycles. The molecule has 0 fully saturated rings. The predicted molar refractivity (Wildman–Crippen MR) is 59.3 cm³/mol. The summed E-state index contributed by atoms with van der Waals surface area (Å²) in [5, 5.41) is 2.81. The van der Waals surface area contributed by atoms with Crippen LogP contribution in [0.25, 0.3) is 0 Å². The van der Waals surface area contributed by atoms with Crippen LogP contribution in [0, 0.1) is 11.6 Å². The lowest BCUT2D eigenvalue weighted by Crippen LogP contribution is -2.47.